The van der Waals surface area contributed by atoms with Crippen LogP contribution in [0, 0.1) is 5.92 Å². The first-order valence-corrected chi connectivity index (χ1v) is 11.5. The molecule has 3 aromatic rings. The predicted octanol–water partition coefficient (Wildman–Crippen LogP) is 4.36. The molecule has 3 aromatic carbocycles. The van der Waals surface area contributed by atoms with Crippen molar-refractivity contribution < 1.29 is 14.4 Å². The van der Waals surface area contributed by atoms with Crippen molar-refractivity contribution in [3.63, 3.8) is 0 Å². The third-order valence-corrected chi connectivity index (χ3v) is 6.47. The third-order valence-electron chi connectivity index (χ3n) is 5.41. The van der Waals surface area contributed by atoms with Crippen LogP contribution in [0.2, 0.25) is 0 Å². The zero-order valence-electron chi connectivity index (χ0n) is 17.5. The van der Waals surface area contributed by atoms with Crippen LogP contribution in [0.25, 0.3) is 0 Å². The molecule has 32 heavy (non-hydrogen) atoms. The Labute approximate surface area is 191 Å². The van der Waals surface area contributed by atoms with Crippen molar-refractivity contribution in [2.75, 3.05) is 10.7 Å². The second kappa shape index (κ2) is 10.3. The maximum atomic E-state index is 13.7. The monoisotopic (exact) mass is 444 g/mol. The molecule has 0 radical (unpaired) electrons. The maximum Gasteiger partial charge on any atom is 0.248 e. The summed E-state index contributed by atoms with van der Waals surface area (Å²) in [6.07, 6.45) is 0.194. The summed E-state index contributed by atoms with van der Waals surface area (Å²) in [5, 5.41) is 3.01. The molecule has 2 amide bonds. The number of nitrogens with one attached hydrogen (secondary N) is 1. The van der Waals surface area contributed by atoms with Crippen LogP contribution >= 0.6 is 11.8 Å². The van der Waals surface area contributed by atoms with E-state index in [2.05, 4.69) is 5.32 Å². The van der Waals surface area contributed by atoms with Crippen LogP contribution in [0.1, 0.15) is 23.6 Å². The van der Waals surface area contributed by atoms with Crippen LogP contribution in [0.5, 0.6) is 0 Å². The van der Waals surface area contributed by atoms with Gasteiger partial charge in [-0.2, -0.15) is 0 Å². The summed E-state index contributed by atoms with van der Waals surface area (Å²) in [4.78, 5) is 40.6. The van der Waals surface area contributed by atoms with E-state index in [4.69, 9.17) is 0 Å². The number of para-hydroxylation sites is 1. The zero-order chi connectivity index (χ0) is 22.3. The molecule has 162 valence electrons. The molecule has 6 heteroatoms. The summed E-state index contributed by atoms with van der Waals surface area (Å²) in [6.45, 7) is 0.359. The zero-order valence-corrected chi connectivity index (χ0v) is 18.3. The fourth-order valence-corrected chi connectivity index (χ4v) is 4.76. The molecule has 1 fully saturated rings. The van der Waals surface area contributed by atoms with Crippen molar-refractivity contribution in [2.24, 2.45) is 5.92 Å². The van der Waals surface area contributed by atoms with E-state index in [1.165, 1.54) is 11.8 Å². The van der Waals surface area contributed by atoms with Crippen molar-refractivity contribution in [1.82, 2.24) is 5.32 Å². The van der Waals surface area contributed by atoms with Crippen LogP contribution < -0.4 is 10.2 Å². The summed E-state index contributed by atoms with van der Waals surface area (Å²) in [6, 6.07) is 27.3. The van der Waals surface area contributed by atoms with E-state index in [-0.39, 0.29) is 23.4 Å². The minimum absolute atomic E-state index is 0.0150. The maximum absolute atomic E-state index is 13.7. The Bertz CT molecular complexity index is 1070. The van der Waals surface area contributed by atoms with Gasteiger partial charge in [-0.3, -0.25) is 19.3 Å². The van der Waals surface area contributed by atoms with Gasteiger partial charge < -0.3 is 5.32 Å². The average molecular weight is 445 g/mol. The highest BCUT2D eigenvalue weighted by Crippen LogP contribution is 2.34. The lowest BCUT2D eigenvalue weighted by atomic mass is 9.99. The third kappa shape index (κ3) is 5.08. The lowest BCUT2D eigenvalue weighted by Gasteiger charge is -2.33. The number of rotatable bonds is 7. The number of carbonyl (C=O) groups excluding carboxylic acids is 3. The van der Waals surface area contributed by atoms with E-state index < -0.39 is 12.0 Å². The number of amides is 2. The number of hydrogen-bond acceptors (Lipinski definition) is 4. The summed E-state index contributed by atoms with van der Waals surface area (Å²) in [5.74, 6) is -0.484. The number of carbonyl (C=O) groups is 3. The lowest BCUT2D eigenvalue weighted by molar-refractivity contribution is -0.128. The molecule has 1 N–H and O–H groups in total. The quantitative estimate of drug-likeness (QED) is 0.588. The molecule has 4 rings (SSSR count). The smallest absolute Gasteiger partial charge is 0.248 e. The SMILES string of the molecule is O=C1CC(C(=O)N(c2ccccc2)C(C(=O)NCc2ccccc2)c2ccccc2)CS1. The lowest BCUT2D eigenvalue weighted by Crippen LogP contribution is -2.46. The van der Waals surface area contributed by atoms with Crippen molar-refractivity contribution in [2.45, 2.75) is 19.0 Å². The number of thioether (sulfide) groups is 1. The van der Waals surface area contributed by atoms with Crippen molar-refractivity contribution in [3.8, 4) is 0 Å². The van der Waals surface area contributed by atoms with Gasteiger partial charge in [-0.05, 0) is 23.3 Å². The van der Waals surface area contributed by atoms with Gasteiger partial charge in [-0.15, -0.1) is 0 Å². The van der Waals surface area contributed by atoms with E-state index >= 15 is 0 Å². The Morgan fingerprint density at radius 3 is 2.09 bits per heavy atom. The molecule has 0 bridgehead atoms. The van der Waals surface area contributed by atoms with Crippen LogP contribution in [0.4, 0.5) is 5.69 Å². The Morgan fingerprint density at radius 2 is 1.50 bits per heavy atom. The standard InChI is InChI=1S/C26H24N2O3S/c29-23-16-21(18-32-23)26(31)28(22-14-8-3-9-15-22)24(20-12-6-2-7-13-20)25(30)27-17-19-10-4-1-5-11-19/h1-15,21,24H,16-18H2,(H,27,30). The number of nitrogens with zero attached hydrogens (tertiary/aromatic N) is 1. The van der Waals surface area contributed by atoms with Crippen LogP contribution in [0.15, 0.2) is 91.0 Å². The summed E-state index contributed by atoms with van der Waals surface area (Å²) in [7, 11) is 0. The fraction of sp³-hybridized carbons (Fsp3) is 0.192. The molecule has 1 aliphatic heterocycles. The van der Waals surface area contributed by atoms with E-state index in [0.29, 0.717) is 23.5 Å². The largest absolute Gasteiger partial charge is 0.350 e. The number of hydrogen-bond donors (Lipinski definition) is 1. The molecule has 5 nitrogen and oxygen atoms in total. The van der Waals surface area contributed by atoms with E-state index in [0.717, 1.165) is 5.56 Å². The Kier molecular flexibility index (Phi) is 7.02. The first kappa shape index (κ1) is 21.8. The first-order chi connectivity index (χ1) is 15.6. The minimum atomic E-state index is -0.851. The summed E-state index contributed by atoms with van der Waals surface area (Å²) in [5.41, 5.74) is 2.32. The predicted molar refractivity (Wildman–Crippen MR) is 127 cm³/mol. The normalized spacial score (nSPS) is 16.4. The van der Waals surface area contributed by atoms with Gasteiger partial charge in [0.05, 0.1) is 5.92 Å². The van der Waals surface area contributed by atoms with Gasteiger partial charge in [0.2, 0.25) is 11.8 Å². The molecule has 1 aliphatic rings. The van der Waals surface area contributed by atoms with Crippen LogP contribution in [-0.2, 0) is 20.9 Å². The topological polar surface area (TPSA) is 66.5 Å². The minimum Gasteiger partial charge on any atom is -0.350 e. The molecule has 0 saturated carbocycles. The first-order valence-electron chi connectivity index (χ1n) is 10.5. The number of anilines is 1. The summed E-state index contributed by atoms with van der Waals surface area (Å²) >= 11 is 1.18. The average Bonchev–Trinajstić information content (AvgIpc) is 3.28. The highest BCUT2D eigenvalue weighted by molar-refractivity contribution is 8.14. The highest BCUT2D eigenvalue weighted by Gasteiger charge is 2.39. The van der Waals surface area contributed by atoms with Crippen molar-refractivity contribution in [1.29, 1.82) is 0 Å². The fourth-order valence-electron chi connectivity index (χ4n) is 3.79. The van der Waals surface area contributed by atoms with E-state index in [9.17, 15) is 14.4 Å². The molecular formula is C26H24N2O3S. The van der Waals surface area contributed by atoms with Crippen molar-refractivity contribution >= 4 is 34.4 Å². The Hall–Kier alpha value is -3.38. The molecule has 2 atom stereocenters. The molecule has 1 saturated heterocycles. The van der Waals surface area contributed by atoms with E-state index in [1.54, 1.807) is 4.90 Å². The Balaban J connectivity index is 1.70. The van der Waals surface area contributed by atoms with E-state index in [1.807, 2.05) is 91.0 Å². The van der Waals surface area contributed by atoms with Gasteiger partial charge in [0.25, 0.3) is 0 Å². The molecule has 0 spiro atoms. The summed E-state index contributed by atoms with van der Waals surface area (Å²) < 4.78 is 0. The van der Waals surface area contributed by atoms with Crippen molar-refractivity contribution in [3.05, 3.63) is 102 Å². The van der Waals surface area contributed by atoms with Gasteiger partial charge in [0.15, 0.2) is 5.12 Å². The molecule has 0 aromatic heterocycles. The molecular weight excluding hydrogens is 420 g/mol. The Morgan fingerprint density at radius 1 is 0.906 bits per heavy atom. The van der Waals surface area contributed by atoms with Gasteiger partial charge >= 0.3 is 0 Å². The second-order valence-electron chi connectivity index (χ2n) is 7.64. The van der Waals surface area contributed by atoms with Gasteiger partial charge in [-0.25, -0.2) is 0 Å². The van der Waals surface area contributed by atoms with Gasteiger partial charge in [0.1, 0.15) is 6.04 Å². The van der Waals surface area contributed by atoms with Crippen LogP contribution in [-0.4, -0.2) is 22.7 Å². The van der Waals surface area contributed by atoms with Gasteiger partial charge in [0, 0.05) is 24.4 Å². The van der Waals surface area contributed by atoms with Crippen LogP contribution in [0.3, 0.4) is 0 Å². The second-order valence-corrected chi connectivity index (χ2v) is 8.72. The molecule has 1 heterocycles. The van der Waals surface area contributed by atoms with Gasteiger partial charge in [-0.1, -0.05) is 90.6 Å². The number of benzene rings is 3. The highest BCUT2D eigenvalue weighted by atomic mass is 32.2. The molecule has 0 aliphatic carbocycles. The molecule has 2 unspecified atom stereocenters.